The van der Waals surface area contributed by atoms with Crippen molar-refractivity contribution in [3.05, 3.63) is 29.6 Å². The van der Waals surface area contributed by atoms with Crippen molar-refractivity contribution in [3.8, 4) is 0 Å². The number of nitrogens with zero attached hydrogens (tertiary/aromatic N) is 2. The van der Waals surface area contributed by atoms with Crippen LogP contribution in [0.4, 0.5) is 0 Å². The molecule has 1 amide bonds. The van der Waals surface area contributed by atoms with Gasteiger partial charge >= 0.3 is 0 Å². The van der Waals surface area contributed by atoms with Crippen LogP contribution in [-0.2, 0) is 14.6 Å². The minimum atomic E-state index is -3.18. The molecule has 0 bridgehead atoms. The Bertz CT molecular complexity index is 765. The molecule has 7 heteroatoms. The van der Waals surface area contributed by atoms with Crippen LogP contribution in [0.25, 0.3) is 0 Å². The minimum absolute atomic E-state index is 0.00808. The molecule has 0 N–H and O–H groups in total. The molecule has 1 atom stereocenters. The van der Waals surface area contributed by atoms with Gasteiger partial charge in [-0.25, -0.2) is 8.42 Å². The van der Waals surface area contributed by atoms with Gasteiger partial charge < -0.3 is 9.64 Å². The standard InChI is InChI=1S/C18H24N2O4S/c1-13-2-5-16(19-8-13)17(21)20-11-18(12-20)15(6-7-25(18,22)23)10-24-9-14-3-4-14/h2,5,8,14-15H,3-4,6-7,9-12H2,1H3/t15-/m1/s1. The van der Waals surface area contributed by atoms with E-state index >= 15 is 0 Å². The number of hydrogen-bond donors (Lipinski definition) is 0. The molecule has 1 aliphatic carbocycles. The maximum absolute atomic E-state index is 12.6. The molecule has 1 aromatic rings. The second-order valence-corrected chi connectivity index (χ2v) is 10.2. The number of hydrogen-bond acceptors (Lipinski definition) is 5. The average Bonchev–Trinajstić information content (AvgIpc) is 3.31. The Morgan fingerprint density at radius 3 is 2.68 bits per heavy atom. The molecule has 2 saturated heterocycles. The molecular weight excluding hydrogens is 340 g/mol. The van der Waals surface area contributed by atoms with Crippen LogP contribution < -0.4 is 0 Å². The van der Waals surface area contributed by atoms with E-state index in [9.17, 15) is 13.2 Å². The zero-order valence-electron chi connectivity index (χ0n) is 14.5. The van der Waals surface area contributed by atoms with Gasteiger partial charge in [0, 0.05) is 31.8 Å². The number of carbonyl (C=O) groups excluding carboxylic acids is 1. The monoisotopic (exact) mass is 364 g/mol. The molecule has 1 spiro atoms. The Balaban J connectivity index is 1.43. The SMILES string of the molecule is Cc1ccc(C(=O)N2CC3(C2)[C@@H](COCC2CC2)CCS3(=O)=O)nc1. The Morgan fingerprint density at radius 1 is 1.28 bits per heavy atom. The zero-order chi connectivity index (χ0) is 17.7. The summed E-state index contributed by atoms with van der Waals surface area (Å²) in [6, 6.07) is 3.54. The highest BCUT2D eigenvalue weighted by Crippen LogP contribution is 2.45. The Morgan fingerprint density at radius 2 is 2.04 bits per heavy atom. The van der Waals surface area contributed by atoms with E-state index in [1.165, 1.54) is 12.8 Å². The number of ether oxygens (including phenoxy) is 1. The first-order chi connectivity index (χ1) is 11.9. The third-order valence-corrected chi connectivity index (χ3v) is 8.41. The van der Waals surface area contributed by atoms with Gasteiger partial charge in [0.1, 0.15) is 10.4 Å². The van der Waals surface area contributed by atoms with E-state index < -0.39 is 14.6 Å². The first-order valence-electron chi connectivity index (χ1n) is 8.93. The van der Waals surface area contributed by atoms with Gasteiger partial charge in [0.05, 0.1) is 12.4 Å². The van der Waals surface area contributed by atoms with Crippen molar-refractivity contribution in [2.24, 2.45) is 11.8 Å². The number of sulfone groups is 1. The lowest BCUT2D eigenvalue weighted by Crippen LogP contribution is -2.68. The highest BCUT2D eigenvalue weighted by molar-refractivity contribution is 7.93. The van der Waals surface area contributed by atoms with Gasteiger partial charge in [-0.2, -0.15) is 0 Å². The number of pyridine rings is 1. The fourth-order valence-electron chi connectivity index (χ4n) is 3.87. The van der Waals surface area contributed by atoms with E-state index in [0.717, 1.165) is 12.2 Å². The summed E-state index contributed by atoms with van der Waals surface area (Å²) < 4.78 is 30.2. The van der Waals surface area contributed by atoms with Crippen LogP contribution in [-0.4, -0.2) is 61.0 Å². The maximum atomic E-state index is 12.6. The lowest BCUT2D eigenvalue weighted by atomic mass is 9.83. The summed E-state index contributed by atoms with van der Waals surface area (Å²) in [5, 5.41) is 0. The predicted molar refractivity (Wildman–Crippen MR) is 93.0 cm³/mol. The normalized spacial score (nSPS) is 26.6. The first-order valence-corrected chi connectivity index (χ1v) is 10.6. The van der Waals surface area contributed by atoms with Crippen LogP contribution >= 0.6 is 0 Å². The van der Waals surface area contributed by atoms with E-state index in [4.69, 9.17) is 4.74 Å². The number of likely N-dealkylation sites (tertiary alicyclic amines) is 1. The number of aromatic nitrogens is 1. The van der Waals surface area contributed by atoms with Crippen molar-refractivity contribution in [2.75, 3.05) is 32.1 Å². The van der Waals surface area contributed by atoms with Crippen molar-refractivity contribution >= 4 is 15.7 Å². The van der Waals surface area contributed by atoms with Crippen LogP contribution in [0.5, 0.6) is 0 Å². The Hall–Kier alpha value is -1.47. The molecule has 0 radical (unpaired) electrons. The summed E-state index contributed by atoms with van der Waals surface area (Å²) in [5.41, 5.74) is 1.36. The smallest absolute Gasteiger partial charge is 0.272 e. The second kappa shape index (κ2) is 6.06. The molecule has 0 aromatic carbocycles. The van der Waals surface area contributed by atoms with Gasteiger partial charge in [-0.05, 0) is 43.7 Å². The van der Waals surface area contributed by atoms with Gasteiger partial charge in [-0.15, -0.1) is 0 Å². The van der Waals surface area contributed by atoms with Gasteiger partial charge in [0.2, 0.25) is 0 Å². The lowest BCUT2D eigenvalue weighted by molar-refractivity contribution is 0.0225. The molecule has 1 saturated carbocycles. The Labute approximate surface area is 148 Å². The lowest BCUT2D eigenvalue weighted by Gasteiger charge is -2.49. The minimum Gasteiger partial charge on any atom is -0.381 e. The van der Waals surface area contributed by atoms with Crippen molar-refractivity contribution in [3.63, 3.8) is 0 Å². The van der Waals surface area contributed by atoms with E-state index in [1.54, 1.807) is 17.2 Å². The van der Waals surface area contributed by atoms with Gasteiger partial charge in [0.15, 0.2) is 9.84 Å². The molecular formula is C18H24N2O4S. The van der Waals surface area contributed by atoms with Crippen molar-refractivity contribution in [2.45, 2.75) is 30.9 Å². The average molecular weight is 364 g/mol. The highest BCUT2D eigenvalue weighted by Gasteiger charge is 2.62. The fraction of sp³-hybridized carbons (Fsp3) is 0.667. The third kappa shape index (κ3) is 2.97. The molecule has 6 nitrogen and oxygen atoms in total. The number of amides is 1. The molecule has 2 aliphatic heterocycles. The fourth-order valence-corrected chi connectivity index (χ4v) is 6.27. The van der Waals surface area contributed by atoms with Gasteiger partial charge in [-0.3, -0.25) is 9.78 Å². The van der Waals surface area contributed by atoms with Gasteiger partial charge in [-0.1, -0.05) is 6.07 Å². The largest absolute Gasteiger partial charge is 0.381 e. The Kier molecular flexibility index (Phi) is 4.11. The maximum Gasteiger partial charge on any atom is 0.272 e. The van der Waals surface area contributed by atoms with Crippen LogP contribution in [0.15, 0.2) is 18.3 Å². The predicted octanol–water partition coefficient (Wildman–Crippen LogP) is 1.45. The van der Waals surface area contributed by atoms with Crippen molar-refractivity contribution in [1.82, 2.24) is 9.88 Å². The summed E-state index contributed by atoms with van der Waals surface area (Å²) in [4.78, 5) is 18.3. The van der Waals surface area contributed by atoms with Crippen LogP contribution in [0.1, 0.15) is 35.3 Å². The summed E-state index contributed by atoms with van der Waals surface area (Å²) in [7, 11) is -3.18. The topological polar surface area (TPSA) is 76.6 Å². The quantitative estimate of drug-likeness (QED) is 0.790. The van der Waals surface area contributed by atoms with Crippen LogP contribution in [0.3, 0.4) is 0 Å². The molecule has 0 unspecified atom stereocenters. The summed E-state index contributed by atoms with van der Waals surface area (Å²) in [6.45, 7) is 3.67. The van der Waals surface area contributed by atoms with E-state index in [1.807, 2.05) is 13.0 Å². The van der Waals surface area contributed by atoms with E-state index in [2.05, 4.69) is 4.98 Å². The van der Waals surface area contributed by atoms with E-state index in [0.29, 0.717) is 24.6 Å². The highest BCUT2D eigenvalue weighted by atomic mass is 32.2. The summed E-state index contributed by atoms with van der Waals surface area (Å²) in [5.74, 6) is 0.674. The molecule has 25 heavy (non-hydrogen) atoms. The second-order valence-electron chi connectivity index (χ2n) is 7.73. The molecule has 3 heterocycles. The first kappa shape index (κ1) is 17.0. The zero-order valence-corrected chi connectivity index (χ0v) is 15.3. The molecule has 3 aliphatic rings. The molecule has 136 valence electrons. The molecule has 4 rings (SSSR count). The number of aryl methyl sites for hydroxylation is 1. The van der Waals surface area contributed by atoms with E-state index in [-0.39, 0.29) is 30.7 Å². The molecule has 3 fully saturated rings. The summed E-state index contributed by atoms with van der Waals surface area (Å²) >= 11 is 0. The van der Waals surface area contributed by atoms with Gasteiger partial charge in [0.25, 0.3) is 5.91 Å². The van der Waals surface area contributed by atoms with Crippen molar-refractivity contribution in [1.29, 1.82) is 0 Å². The third-order valence-electron chi connectivity index (χ3n) is 5.80. The molecule has 1 aromatic heterocycles. The van der Waals surface area contributed by atoms with Crippen LogP contribution in [0, 0.1) is 18.8 Å². The summed E-state index contributed by atoms with van der Waals surface area (Å²) in [6.07, 6.45) is 4.74. The van der Waals surface area contributed by atoms with Crippen molar-refractivity contribution < 1.29 is 17.9 Å². The number of rotatable bonds is 5. The van der Waals surface area contributed by atoms with Crippen LogP contribution in [0.2, 0.25) is 0 Å². The number of carbonyl (C=O) groups is 1.